The molecule has 3 atom stereocenters. The number of benzene rings is 1. The number of urea groups is 1. The minimum atomic E-state index is -0.130. The van der Waals surface area contributed by atoms with Gasteiger partial charge in [0.25, 0.3) is 0 Å². The van der Waals surface area contributed by atoms with Gasteiger partial charge in [0.1, 0.15) is 0 Å². The maximum Gasteiger partial charge on any atom is 0.322 e. The number of hydrogen-bond acceptors (Lipinski definition) is 3. The maximum absolute atomic E-state index is 12.5. The summed E-state index contributed by atoms with van der Waals surface area (Å²) in [7, 11) is 0. The Hall–Kier alpha value is -2.89. The van der Waals surface area contributed by atoms with Crippen LogP contribution in [0.25, 0.3) is 0 Å². The van der Waals surface area contributed by atoms with Crippen LogP contribution in [0.15, 0.2) is 42.7 Å². The molecule has 6 heteroatoms. The molecule has 6 nitrogen and oxygen atoms in total. The molecule has 2 fully saturated rings. The number of nitrogens with one attached hydrogen (secondary N) is 2. The zero-order chi connectivity index (χ0) is 19.8. The van der Waals surface area contributed by atoms with E-state index in [2.05, 4.69) is 15.6 Å². The summed E-state index contributed by atoms with van der Waals surface area (Å²) in [6, 6.07) is 9.17. The Morgan fingerprint density at radius 3 is 2.41 bits per heavy atom. The molecule has 2 bridgehead atoms. The average molecular weight is 390 g/mol. The van der Waals surface area contributed by atoms with Gasteiger partial charge in [-0.05, 0) is 78.5 Å². The summed E-state index contributed by atoms with van der Waals surface area (Å²) in [4.78, 5) is 30.8. The highest BCUT2D eigenvalue weighted by Crippen LogP contribution is 2.49. The summed E-state index contributed by atoms with van der Waals surface area (Å²) < 4.78 is 0. The number of aromatic nitrogens is 1. The Kier molecular flexibility index (Phi) is 4.70. The number of amides is 3. The van der Waals surface area contributed by atoms with Crippen LogP contribution in [0, 0.1) is 17.8 Å². The molecular weight excluding hydrogens is 364 g/mol. The lowest BCUT2D eigenvalue weighted by atomic mass is 9.86. The van der Waals surface area contributed by atoms with Crippen molar-refractivity contribution in [2.24, 2.45) is 17.8 Å². The fourth-order valence-corrected chi connectivity index (χ4v) is 5.28. The summed E-state index contributed by atoms with van der Waals surface area (Å²) in [6.45, 7) is 1.17. The number of anilines is 2. The van der Waals surface area contributed by atoms with Crippen LogP contribution in [-0.4, -0.2) is 21.8 Å². The van der Waals surface area contributed by atoms with Crippen molar-refractivity contribution in [3.63, 3.8) is 0 Å². The lowest BCUT2D eigenvalue weighted by Crippen LogP contribution is -2.30. The number of fused-ring (bicyclic) bond motifs is 3. The smallest absolute Gasteiger partial charge is 0.322 e. The van der Waals surface area contributed by atoms with E-state index in [1.165, 1.54) is 25.7 Å². The molecule has 29 heavy (non-hydrogen) atoms. The number of pyridine rings is 1. The third-order valence-electron chi connectivity index (χ3n) is 6.77. The molecule has 2 heterocycles. The number of nitrogens with zero attached hydrogens (tertiary/aromatic N) is 2. The minimum absolute atomic E-state index is 0.0998. The van der Waals surface area contributed by atoms with Gasteiger partial charge in [0.2, 0.25) is 5.91 Å². The van der Waals surface area contributed by atoms with Gasteiger partial charge in [-0.25, -0.2) is 4.79 Å². The summed E-state index contributed by atoms with van der Waals surface area (Å²) >= 11 is 0. The standard InChI is InChI=1S/C23H26N4O2/c28-22(11-18-10-15-1-2-16(18)9-15)25-20-3-5-21(6-4-20)26-23(29)27-13-17-7-8-24-12-19(17)14-27/h3-8,12,15-16,18H,1-2,9-11,13-14H2,(H,25,28)(H,26,29). The molecule has 3 amide bonds. The molecule has 5 rings (SSSR count). The van der Waals surface area contributed by atoms with Gasteiger partial charge in [-0.1, -0.05) is 6.42 Å². The maximum atomic E-state index is 12.5. The molecule has 0 spiro atoms. The second kappa shape index (κ2) is 7.50. The summed E-state index contributed by atoms with van der Waals surface area (Å²) in [5, 5.41) is 5.94. The Bertz CT molecular complexity index is 902. The number of rotatable bonds is 4. The van der Waals surface area contributed by atoms with Crippen molar-refractivity contribution in [2.45, 2.75) is 45.2 Å². The van der Waals surface area contributed by atoms with Crippen LogP contribution >= 0.6 is 0 Å². The van der Waals surface area contributed by atoms with E-state index < -0.39 is 0 Å². The predicted octanol–water partition coefficient (Wildman–Crippen LogP) is 4.39. The molecule has 3 aliphatic rings. The molecule has 150 valence electrons. The summed E-state index contributed by atoms with van der Waals surface area (Å²) in [5.74, 6) is 2.28. The van der Waals surface area contributed by atoms with Gasteiger partial charge in [-0.15, -0.1) is 0 Å². The fraction of sp³-hybridized carbons (Fsp3) is 0.435. The fourth-order valence-electron chi connectivity index (χ4n) is 5.28. The van der Waals surface area contributed by atoms with Crippen molar-refractivity contribution in [1.82, 2.24) is 9.88 Å². The second-order valence-electron chi connectivity index (χ2n) is 8.70. The average Bonchev–Trinajstić information content (AvgIpc) is 3.44. The van der Waals surface area contributed by atoms with E-state index in [9.17, 15) is 9.59 Å². The third-order valence-corrected chi connectivity index (χ3v) is 6.77. The lowest BCUT2D eigenvalue weighted by molar-refractivity contribution is -0.117. The molecule has 1 aromatic carbocycles. The van der Waals surface area contributed by atoms with Gasteiger partial charge in [0.05, 0.1) is 0 Å². The Labute approximate surface area is 170 Å². The topological polar surface area (TPSA) is 74.3 Å². The van der Waals surface area contributed by atoms with Gasteiger partial charge in [0.15, 0.2) is 0 Å². The minimum Gasteiger partial charge on any atom is -0.326 e. The van der Waals surface area contributed by atoms with E-state index in [4.69, 9.17) is 0 Å². The van der Waals surface area contributed by atoms with Gasteiger partial charge < -0.3 is 15.5 Å². The van der Waals surface area contributed by atoms with Gasteiger partial charge in [-0.2, -0.15) is 0 Å². The van der Waals surface area contributed by atoms with E-state index in [-0.39, 0.29) is 11.9 Å². The summed E-state index contributed by atoms with van der Waals surface area (Å²) in [5.41, 5.74) is 3.73. The Morgan fingerprint density at radius 1 is 0.966 bits per heavy atom. The quantitative estimate of drug-likeness (QED) is 0.813. The van der Waals surface area contributed by atoms with Crippen molar-refractivity contribution >= 4 is 23.3 Å². The molecule has 3 unspecified atom stereocenters. The van der Waals surface area contributed by atoms with Crippen LogP contribution in [0.4, 0.5) is 16.2 Å². The van der Waals surface area contributed by atoms with Gasteiger partial charge >= 0.3 is 6.03 Å². The summed E-state index contributed by atoms with van der Waals surface area (Å²) in [6.07, 6.45) is 9.40. The number of carbonyl (C=O) groups excluding carboxylic acids is 2. The SMILES string of the molecule is O=C(CC1CC2CCC1C2)Nc1ccc(NC(=O)N2Cc3ccncc3C2)cc1. The highest BCUT2D eigenvalue weighted by Gasteiger charge is 2.40. The predicted molar refractivity (Wildman–Crippen MR) is 111 cm³/mol. The first-order valence-corrected chi connectivity index (χ1v) is 10.5. The molecule has 1 aliphatic heterocycles. The first-order valence-electron chi connectivity index (χ1n) is 10.5. The van der Waals surface area contributed by atoms with Gasteiger partial charge in [-0.3, -0.25) is 9.78 Å². The van der Waals surface area contributed by atoms with E-state index in [1.807, 2.05) is 36.5 Å². The van der Waals surface area contributed by atoms with Crippen LogP contribution in [0.1, 0.15) is 43.2 Å². The van der Waals surface area contributed by atoms with Crippen LogP contribution in [0.3, 0.4) is 0 Å². The molecule has 0 saturated heterocycles. The van der Waals surface area contributed by atoms with Crippen LogP contribution in [-0.2, 0) is 17.9 Å². The normalized spacial score (nSPS) is 24.4. The molecule has 2 N–H and O–H groups in total. The molecule has 1 aromatic heterocycles. The number of hydrogen-bond donors (Lipinski definition) is 2. The molecule has 2 aromatic rings. The first kappa shape index (κ1) is 18.2. The molecule has 2 saturated carbocycles. The van der Waals surface area contributed by atoms with Crippen LogP contribution < -0.4 is 10.6 Å². The van der Waals surface area contributed by atoms with Crippen molar-refractivity contribution in [3.8, 4) is 0 Å². The van der Waals surface area contributed by atoms with E-state index in [0.717, 1.165) is 34.3 Å². The van der Waals surface area contributed by atoms with Crippen molar-refractivity contribution in [1.29, 1.82) is 0 Å². The third kappa shape index (κ3) is 3.84. The van der Waals surface area contributed by atoms with Crippen molar-refractivity contribution < 1.29 is 9.59 Å². The van der Waals surface area contributed by atoms with Crippen molar-refractivity contribution in [3.05, 3.63) is 53.9 Å². The van der Waals surface area contributed by atoms with Crippen molar-refractivity contribution in [2.75, 3.05) is 10.6 Å². The number of carbonyl (C=O) groups is 2. The zero-order valence-electron chi connectivity index (χ0n) is 16.4. The largest absolute Gasteiger partial charge is 0.326 e. The molecule has 0 radical (unpaired) electrons. The second-order valence-corrected chi connectivity index (χ2v) is 8.70. The molecule has 2 aliphatic carbocycles. The van der Waals surface area contributed by atoms with E-state index in [1.54, 1.807) is 11.1 Å². The van der Waals surface area contributed by atoms with E-state index in [0.29, 0.717) is 25.4 Å². The highest BCUT2D eigenvalue weighted by atomic mass is 16.2. The van der Waals surface area contributed by atoms with Crippen LogP contribution in [0.5, 0.6) is 0 Å². The highest BCUT2D eigenvalue weighted by molar-refractivity contribution is 5.92. The monoisotopic (exact) mass is 390 g/mol. The molecular formula is C23H26N4O2. The Balaban J connectivity index is 1.12. The zero-order valence-corrected chi connectivity index (χ0v) is 16.4. The Morgan fingerprint density at radius 2 is 1.72 bits per heavy atom. The lowest BCUT2D eigenvalue weighted by Gasteiger charge is -2.21. The van der Waals surface area contributed by atoms with E-state index >= 15 is 0 Å². The first-order chi connectivity index (χ1) is 14.1. The van der Waals surface area contributed by atoms with Crippen LogP contribution in [0.2, 0.25) is 0 Å². The van der Waals surface area contributed by atoms with Gasteiger partial charge in [0, 0.05) is 43.3 Å².